The Balaban J connectivity index is 2.14. The molecular weight excluding hydrogens is 211 g/mol. The number of aromatic nitrogens is 1. The summed E-state index contributed by atoms with van der Waals surface area (Å²) in [7, 11) is 1.84. The van der Waals surface area contributed by atoms with E-state index < -0.39 is 0 Å². The first-order chi connectivity index (χ1) is 7.28. The van der Waals surface area contributed by atoms with E-state index in [1.165, 1.54) is 6.07 Å². The summed E-state index contributed by atoms with van der Waals surface area (Å²) < 4.78 is 12.9. The summed E-state index contributed by atoms with van der Waals surface area (Å²) >= 11 is 1.59. The molecule has 1 heterocycles. The largest absolute Gasteiger partial charge is 0.365 e. The molecule has 0 unspecified atom stereocenters. The molecule has 2 aromatic rings. The normalized spacial score (nSPS) is 10.3. The maximum Gasteiger partial charge on any atom is 0.182 e. The number of rotatable bonds is 3. The summed E-state index contributed by atoms with van der Waals surface area (Å²) in [5.41, 5.74) is 0.973. The second kappa shape index (κ2) is 4.40. The summed E-state index contributed by atoms with van der Waals surface area (Å²) in [5, 5.41) is 3.87. The molecule has 0 radical (unpaired) electrons. The number of nitrogens with zero attached hydrogens (tertiary/aromatic N) is 1. The molecule has 1 aromatic carbocycles. The monoisotopic (exact) mass is 222 g/mol. The van der Waals surface area contributed by atoms with Crippen LogP contribution in [-0.4, -0.2) is 12.0 Å². The number of anilines is 1. The second-order valence-corrected chi connectivity index (χ2v) is 4.30. The molecular formula is C11H11FN2S. The predicted molar refractivity (Wildman–Crippen MR) is 60.9 cm³/mol. The van der Waals surface area contributed by atoms with Crippen LogP contribution in [0.5, 0.6) is 0 Å². The average molecular weight is 222 g/mol. The van der Waals surface area contributed by atoms with E-state index in [2.05, 4.69) is 10.3 Å². The van der Waals surface area contributed by atoms with Crippen LogP contribution in [0, 0.1) is 5.82 Å². The lowest BCUT2D eigenvalue weighted by Crippen LogP contribution is -1.85. The van der Waals surface area contributed by atoms with Crippen LogP contribution in [0.25, 0.3) is 0 Å². The Morgan fingerprint density at radius 2 is 2.33 bits per heavy atom. The van der Waals surface area contributed by atoms with Gasteiger partial charge >= 0.3 is 0 Å². The van der Waals surface area contributed by atoms with Crippen molar-refractivity contribution < 1.29 is 4.39 Å². The molecule has 4 heteroatoms. The fourth-order valence-electron chi connectivity index (χ4n) is 1.35. The zero-order valence-corrected chi connectivity index (χ0v) is 9.14. The molecule has 0 aliphatic heterocycles. The molecule has 1 aromatic heterocycles. The first kappa shape index (κ1) is 10.1. The molecule has 0 aliphatic carbocycles. The van der Waals surface area contributed by atoms with Gasteiger partial charge in [0.05, 0.1) is 0 Å². The van der Waals surface area contributed by atoms with E-state index in [0.29, 0.717) is 0 Å². The van der Waals surface area contributed by atoms with E-state index in [9.17, 15) is 4.39 Å². The fourth-order valence-corrected chi connectivity index (χ4v) is 2.15. The van der Waals surface area contributed by atoms with Crippen molar-refractivity contribution in [2.24, 2.45) is 0 Å². The lowest BCUT2D eigenvalue weighted by molar-refractivity contribution is 0.626. The number of nitrogens with one attached hydrogen (secondary N) is 1. The standard InChI is InChI=1S/C11H11FN2S/c1-13-11-14-7-10(15-11)6-8-3-2-4-9(12)5-8/h2-5,7H,6H2,1H3,(H,13,14). The van der Waals surface area contributed by atoms with Crippen LogP contribution in [-0.2, 0) is 6.42 Å². The van der Waals surface area contributed by atoms with Crippen molar-refractivity contribution in [2.75, 3.05) is 12.4 Å². The number of hydrogen-bond acceptors (Lipinski definition) is 3. The summed E-state index contributed by atoms with van der Waals surface area (Å²) in [6.07, 6.45) is 2.55. The molecule has 0 atom stereocenters. The highest BCUT2D eigenvalue weighted by molar-refractivity contribution is 7.15. The van der Waals surface area contributed by atoms with E-state index in [-0.39, 0.29) is 5.82 Å². The lowest BCUT2D eigenvalue weighted by Gasteiger charge is -1.97. The third-order valence-electron chi connectivity index (χ3n) is 2.03. The number of benzene rings is 1. The quantitative estimate of drug-likeness (QED) is 0.863. The molecule has 0 amide bonds. The molecule has 0 spiro atoms. The van der Waals surface area contributed by atoms with Gasteiger partial charge in [0.15, 0.2) is 5.13 Å². The van der Waals surface area contributed by atoms with Crippen molar-refractivity contribution in [3.63, 3.8) is 0 Å². The molecule has 0 saturated heterocycles. The minimum absolute atomic E-state index is 0.189. The maximum absolute atomic E-state index is 12.9. The highest BCUT2D eigenvalue weighted by atomic mass is 32.1. The van der Waals surface area contributed by atoms with Crippen LogP contribution in [0.3, 0.4) is 0 Å². The third kappa shape index (κ3) is 2.53. The van der Waals surface area contributed by atoms with Gasteiger partial charge in [-0.1, -0.05) is 12.1 Å². The van der Waals surface area contributed by atoms with Crippen LogP contribution in [0.15, 0.2) is 30.5 Å². The van der Waals surface area contributed by atoms with Crippen molar-refractivity contribution in [3.8, 4) is 0 Å². The average Bonchev–Trinajstić information content (AvgIpc) is 2.65. The Labute approximate surface area is 91.8 Å². The van der Waals surface area contributed by atoms with Gasteiger partial charge in [-0.15, -0.1) is 11.3 Å². The maximum atomic E-state index is 12.9. The molecule has 0 aliphatic rings. The van der Waals surface area contributed by atoms with Gasteiger partial charge in [0.25, 0.3) is 0 Å². The van der Waals surface area contributed by atoms with Crippen molar-refractivity contribution in [3.05, 3.63) is 46.7 Å². The summed E-state index contributed by atoms with van der Waals surface area (Å²) in [5.74, 6) is -0.189. The Morgan fingerprint density at radius 3 is 3.00 bits per heavy atom. The Hall–Kier alpha value is -1.42. The van der Waals surface area contributed by atoms with Crippen molar-refractivity contribution in [1.29, 1.82) is 0 Å². The van der Waals surface area contributed by atoms with Crippen LogP contribution in [0.1, 0.15) is 10.4 Å². The van der Waals surface area contributed by atoms with E-state index in [4.69, 9.17) is 0 Å². The fraction of sp³-hybridized carbons (Fsp3) is 0.182. The molecule has 0 saturated carbocycles. The number of halogens is 1. The van der Waals surface area contributed by atoms with Gasteiger partial charge < -0.3 is 5.32 Å². The Kier molecular flexibility index (Phi) is 2.97. The Morgan fingerprint density at radius 1 is 1.47 bits per heavy atom. The van der Waals surface area contributed by atoms with Crippen molar-refractivity contribution in [2.45, 2.75) is 6.42 Å². The predicted octanol–water partition coefficient (Wildman–Crippen LogP) is 2.91. The first-order valence-electron chi connectivity index (χ1n) is 4.65. The van der Waals surface area contributed by atoms with E-state index in [1.54, 1.807) is 23.5 Å². The van der Waals surface area contributed by atoms with E-state index in [0.717, 1.165) is 22.0 Å². The van der Waals surface area contributed by atoms with Crippen molar-refractivity contribution in [1.82, 2.24) is 4.98 Å². The highest BCUT2D eigenvalue weighted by Gasteiger charge is 2.02. The molecule has 0 fully saturated rings. The van der Waals surface area contributed by atoms with Gasteiger partial charge in [0.1, 0.15) is 5.82 Å². The topological polar surface area (TPSA) is 24.9 Å². The SMILES string of the molecule is CNc1ncc(Cc2cccc(F)c2)s1. The zero-order valence-electron chi connectivity index (χ0n) is 8.33. The molecule has 2 nitrogen and oxygen atoms in total. The van der Waals surface area contributed by atoms with E-state index in [1.807, 2.05) is 19.3 Å². The third-order valence-corrected chi connectivity index (χ3v) is 3.05. The van der Waals surface area contributed by atoms with Crippen LogP contribution < -0.4 is 5.32 Å². The van der Waals surface area contributed by atoms with E-state index >= 15 is 0 Å². The summed E-state index contributed by atoms with van der Waals surface area (Å²) in [4.78, 5) is 5.30. The molecule has 1 N–H and O–H groups in total. The first-order valence-corrected chi connectivity index (χ1v) is 5.46. The van der Waals surface area contributed by atoms with Crippen LogP contribution >= 0.6 is 11.3 Å². The van der Waals surface area contributed by atoms with Gasteiger partial charge in [-0.2, -0.15) is 0 Å². The molecule has 15 heavy (non-hydrogen) atoms. The minimum Gasteiger partial charge on any atom is -0.365 e. The van der Waals surface area contributed by atoms with Gasteiger partial charge in [-0.25, -0.2) is 9.37 Å². The number of thiazole rings is 1. The highest BCUT2D eigenvalue weighted by Crippen LogP contribution is 2.20. The zero-order chi connectivity index (χ0) is 10.7. The van der Waals surface area contributed by atoms with Crippen LogP contribution in [0.2, 0.25) is 0 Å². The van der Waals surface area contributed by atoms with Crippen molar-refractivity contribution >= 4 is 16.5 Å². The summed E-state index contributed by atoms with van der Waals surface area (Å²) in [6, 6.07) is 6.65. The minimum atomic E-state index is -0.189. The smallest absolute Gasteiger partial charge is 0.182 e. The number of hydrogen-bond donors (Lipinski definition) is 1. The summed E-state index contributed by atoms with van der Waals surface area (Å²) in [6.45, 7) is 0. The van der Waals surface area contributed by atoms with Gasteiger partial charge in [-0.3, -0.25) is 0 Å². The van der Waals surface area contributed by atoms with Crippen LogP contribution in [0.4, 0.5) is 9.52 Å². The molecule has 2 rings (SSSR count). The molecule has 78 valence electrons. The van der Waals surface area contributed by atoms with Gasteiger partial charge in [0.2, 0.25) is 0 Å². The Bertz CT molecular complexity index is 453. The second-order valence-electron chi connectivity index (χ2n) is 3.19. The van der Waals surface area contributed by atoms with Gasteiger partial charge in [-0.05, 0) is 17.7 Å². The molecule has 0 bridgehead atoms. The lowest BCUT2D eigenvalue weighted by atomic mass is 10.1. The van der Waals surface area contributed by atoms with Gasteiger partial charge in [0, 0.05) is 24.5 Å².